The molecule has 1 saturated heterocycles. The number of benzene rings is 1. The molecule has 134 valence electrons. The number of aryl methyl sites for hydroxylation is 1. The molecule has 1 aliphatic rings. The Bertz CT molecular complexity index is 790. The van der Waals surface area contributed by atoms with Crippen molar-refractivity contribution in [3.05, 3.63) is 46.5 Å². The lowest BCUT2D eigenvalue weighted by Crippen LogP contribution is -2.28. The number of hydrogen-bond donors (Lipinski definition) is 0. The van der Waals surface area contributed by atoms with Gasteiger partial charge < -0.3 is 9.64 Å². The number of halogens is 1. The Kier molecular flexibility index (Phi) is 5.48. The third-order valence-corrected chi connectivity index (χ3v) is 4.73. The highest BCUT2D eigenvalue weighted by molar-refractivity contribution is 5.59. The molecule has 1 unspecified atom stereocenters. The zero-order valence-electron chi connectivity index (χ0n) is 14.7. The van der Waals surface area contributed by atoms with Crippen LogP contribution in [0.4, 0.5) is 4.39 Å². The van der Waals surface area contributed by atoms with E-state index in [1.807, 2.05) is 0 Å². The molecule has 1 aromatic heterocycles. The summed E-state index contributed by atoms with van der Waals surface area (Å²) in [6.07, 6.45) is 3.40. The first-order valence-corrected chi connectivity index (χ1v) is 8.76. The Morgan fingerprint density at radius 2 is 2.16 bits per heavy atom. The van der Waals surface area contributed by atoms with Gasteiger partial charge in [0.05, 0.1) is 12.3 Å². The number of ether oxygens (including phenoxy) is 1. The monoisotopic (exact) mass is 345 g/mol. The van der Waals surface area contributed by atoms with E-state index in [1.165, 1.54) is 29.7 Å². The minimum atomic E-state index is -0.414. The Hall–Kier alpha value is -2.21. The average Bonchev–Trinajstić information content (AvgIpc) is 3.00. The fraction of sp³-hybridized carbons (Fsp3) is 0.474. The largest absolute Gasteiger partial charge is 0.490 e. The lowest BCUT2D eigenvalue weighted by Gasteiger charge is -2.20. The van der Waals surface area contributed by atoms with Crippen molar-refractivity contribution in [3.8, 4) is 17.0 Å². The summed E-state index contributed by atoms with van der Waals surface area (Å²) < 4.78 is 21.1. The van der Waals surface area contributed by atoms with Crippen LogP contribution in [-0.4, -0.2) is 40.4 Å². The van der Waals surface area contributed by atoms with Crippen LogP contribution in [0.3, 0.4) is 0 Å². The van der Waals surface area contributed by atoms with E-state index in [0.717, 1.165) is 19.5 Å². The highest BCUT2D eigenvalue weighted by atomic mass is 19.1. The van der Waals surface area contributed by atoms with Crippen molar-refractivity contribution in [1.82, 2.24) is 14.7 Å². The van der Waals surface area contributed by atoms with E-state index in [0.29, 0.717) is 23.9 Å². The SMILES string of the molecule is CC1CCCN1CCCOc1ccc(-c2ccc(=O)n(C)n2)cc1F. The van der Waals surface area contributed by atoms with Gasteiger partial charge in [-0.05, 0) is 57.0 Å². The Balaban J connectivity index is 1.58. The quantitative estimate of drug-likeness (QED) is 0.756. The lowest BCUT2D eigenvalue weighted by atomic mass is 10.1. The van der Waals surface area contributed by atoms with E-state index in [9.17, 15) is 9.18 Å². The van der Waals surface area contributed by atoms with E-state index >= 15 is 0 Å². The molecule has 1 aliphatic heterocycles. The van der Waals surface area contributed by atoms with Gasteiger partial charge in [0.15, 0.2) is 11.6 Å². The second-order valence-corrected chi connectivity index (χ2v) is 6.55. The van der Waals surface area contributed by atoms with Gasteiger partial charge in [-0.3, -0.25) is 4.79 Å². The highest BCUT2D eigenvalue weighted by Gasteiger charge is 2.19. The third kappa shape index (κ3) is 4.25. The van der Waals surface area contributed by atoms with Gasteiger partial charge >= 0.3 is 0 Å². The van der Waals surface area contributed by atoms with Crippen LogP contribution in [0.2, 0.25) is 0 Å². The summed E-state index contributed by atoms with van der Waals surface area (Å²) >= 11 is 0. The molecule has 0 radical (unpaired) electrons. The van der Waals surface area contributed by atoms with Crippen molar-refractivity contribution < 1.29 is 9.13 Å². The van der Waals surface area contributed by atoms with Crippen LogP contribution in [0.5, 0.6) is 5.75 Å². The number of hydrogen-bond acceptors (Lipinski definition) is 4. The zero-order valence-corrected chi connectivity index (χ0v) is 14.7. The molecule has 3 rings (SSSR count). The van der Waals surface area contributed by atoms with Crippen LogP contribution in [0.25, 0.3) is 11.3 Å². The van der Waals surface area contributed by atoms with Gasteiger partial charge in [-0.1, -0.05) is 0 Å². The van der Waals surface area contributed by atoms with Gasteiger partial charge in [-0.15, -0.1) is 0 Å². The molecule has 0 aliphatic carbocycles. The van der Waals surface area contributed by atoms with Crippen LogP contribution < -0.4 is 10.3 Å². The normalized spacial score (nSPS) is 17.8. The highest BCUT2D eigenvalue weighted by Crippen LogP contribution is 2.24. The summed E-state index contributed by atoms with van der Waals surface area (Å²) in [4.78, 5) is 13.8. The second-order valence-electron chi connectivity index (χ2n) is 6.55. The molecule has 25 heavy (non-hydrogen) atoms. The van der Waals surface area contributed by atoms with Crippen molar-refractivity contribution in [2.75, 3.05) is 19.7 Å². The maximum absolute atomic E-state index is 14.3. The molecule has 0 amide bonds. The van der Waals surface area contributed by atoms with Crippen LogP contribution in [0.1, 0.15) is 26.2 Å². The first-order valence-electron chi connectivity index (χ1n) is 8.76. The predicted molar refractivity (Wildman–Crippen MR) is 95.3 cm³/mol. The topological polar surface area (TPSA) is 47.4 Å². The summed E-state index contributed by atoms with van der Waals surface area (Å²) in [5.41, 5.74) is 0.971. The fourth-order valence-electron chi connectivity index (χ4n) is 3.21. The van der Waals surface area contributed by atoms with Gasteiger partial charge in [0.25, 0.3) is 5.56 Å². The fourth-order valence-corrected chi connectivity index (χ4v) is 3.21. The molecular formula is C19H24FN3O2. The molecule has 2 aromatic rings. The van der Waals surface area contributed by atoms with Crippen LogP contribution in [0.15, 0.2) is 35.1 Å². The minimum Gasteiger partial charge on any atom is -0.490 e. The van der Waals surface area contributed by atoms with E-state index in [4.69, 9.17) is 4.74 Å². The molecule has 2 heterocycles. The minimum absolute atomic E-state index is 0.198. The van der Waals surface area contributed by atoms with Crippen molar-refractivity contribution in [3.63, 3.8) is 0 Å². The number of aromatic nitrogens is 2. The Labute approximate surface area is 147 Å². The molecule has 1 fully saturated rings. The van der Waals surface area contributed by atoms with Gasteiger partial charge in [0, 0.05) is 31.3 Å². The van der Waals surface area contributed by atoms with Crippen molar-refractivity contribution in [1.29, 1.82) is 0 Å². The first-order chi connectivity index (χ1) is 12.0. The van der Waals surface area contributed by atoms with E-state index in [-0.39, 0.29) is 11.3 Å². The molecule has 0 N–H and O–H groups in total. The van der Waals surface area contributed by atoms with Crippen LogP contribution >= 0.6 is 0 Å². The van der Waals surface area contributed by atoms with E-state index in [1.54, 1.807) is 25.2 Å². The average molecular weight is 345 g/mol. The van der Waals surface area contributed by atoms with E-state index < -0.39 is 5.82 Å². The van der Waals surface area contributed by atoms with Gasteiger partial charge in [0.2, 0.25) is 0 Å². The van der Waals surface area contributed by atoms with Crippen LogP contribution in [0, 0.1) is 5.82 Å². The summed E-state index contributed by atoms with van der Waals surface area (Å²) in [5.74, 6) is -0.161. The molecule has 0 bridgehead atoms. The van der Waals surface area contributed by atoms with Crippen molar-refractivity contribution in [2.45, 2.75) is 32.2 Å². The standard InChI is InChI=1S/C19H24FN3O2/c1-14-5-3-10-23(14)11-4-12-25-18-8-6-15(13-16(18)20)17-7-9-19(24)22(2)21-17/h6-9,13-14H,3-5,10-12H2,1-2H3. The smallest absolute Gasteiger partial charge is 0.266 e. The summed E-state index contributed by atoms with van der Waals surface area (Å²) in [6.45, 7) is 4.89. The molecule has 1 aromatic carbocycles. The van der Waals surface area contributed by atoms with E-state index in [2.05, 4.69) is 16.9 Å². The first kappa shape index (κ1) is 17.6. The molecule has 5 nitrogen and oxygen atoms in total. The summed E-state index contributed by atoms with van der Waals surface area (Å²) in [5, 5.41) is 4.13. The number of nitrogens with zero attached hydrogens (tertiary/aromatic N) is 3. The summed E-state index contributed by atoms with van der Waals surface area (Å²) in [7, 11) is 1.57. The van der Waals surface area contributed by atoms with Crippen LogP contribution in [-0.2, 0) is 7.05 Å². The molecule has 6 heteroatoms. The van der Waals surface area contributed by atoms with Gasteiger partial charge in [-0.2, -0.15) is 5.10 Å². The predicted octanol–water partition coefficient (Wildman–Crippen LogP) is 2.84. The lowest BCUT2D eigenvalue weighted by molar-refractivity contribution is 0.226. The maximum atomic E-state index is 14.3. The zero-order chi connectivity index (χ0) is 17.8. The van der Waals surface area contributed by atoms with Gasteiger partial charge in [-0.25, -0.2) is 9.07 Å². The Morgan fingerprint density at radius 3 is 2.84 bits per heavy atom. The molecule has 1 atom stereocenters. The second kappa shape index (κ2) is 7.78. The molecule has 0 spiro atoms. The van der Waals surface area contributed by atoms with Crippen molar-refractivity contribution >= 4 is 0 Å². The number of likely N-dealkylation sites (tertiary alicyclic amines) is 1. The van der Waals surface area contributed by atoms with Crippen molar-refractivity contribution in [2.24, 2.45) is 7.05 Å². The third-order valence-electron chi connectivity index (χ3n) is 4.73. The Morgan fingerprint density at radius 1 is 1.32 bits per heavy atom. The summed E-state index contributed by atoms with van der Waals surface area (Å²) in [6, 6.07) is 8.43. The number of rotatable bonds is 6. The van der Waals surface area contributed by atoms with Gasteiger partial charge in [0.1, 0.15) is 0 Å². The molecular weight excluding hydrogens is 321 g/mol. The maximum Gasteiger partial charge on any atom is 0.266 e. The molecule has 0 saturated carbocycles.